The third-order valence-corrected chi connectivity index (χ3v) is 4.60. The van der Waals surface area contributed by atoms with Crippen LogP contribution < -0.4 is 5.32 Å². The molecule has 1 amide bonds. The van der Waals surface area contributed by atoms with Gasteiger partial charge in [0.05, 0.1) is 11.6 Å². The van der Waals surface area contributed by atoms with E-state index < -0.39 is 0 Å². The van der Waals surface area contributed by atoms with Crippen molar-refractivity contribution >= 4 is 37.8 Å². The van der Waals surface area contributed by atoms with Gasteiger partial charge in [-0.3, -0.25) is 4.79 Å². The summed E-state index contributed by atoms with van der Waals surface area (Å²) in [5.74, 6) is -0.0874. The lowest BCUT2D eigenvalue weighted by molar-refractivity contribution is 0.0939. The zero-order valence-electron chi connectivity index (χ0n) is 12.2. The summed E-state index contributed by atoms with van der Waals surface area (Å²) in [4.78, 5) is 12.4. The number of amides is 1. The van der Waals surface area contributed by atoms with Crippen LogP contribution in [0.25, 0.3) is 0 Å². The SMILES string of the molecule is Cc1ccc(C(C)NC(=O)c2cc(Br)ccc2Br)c(C)c1. The van der Waals surface area contributed by atoms with Gasteiger partial charge in [0.2, 0.25) is 0 Å². The molecule has 0 aliphatic heterocycles. The van der Waals surface area contributed by atoms with Crippen LogP contribution in [0.15, 0.2) is 45.3 Å². The van der Waals surface area contributed by atoms with Crippen molar-refractivity contribution in [3.8, 4) is 0 Å². The average molecular weight is 411 g/mol. The van der Waals surface area contributed by atoms with Gasteiger partial charge in [-0.25, -0.2) is 0 Å². The standard InChI is InChI=1S/C17H17Br2NO/c1-10-4-6-14(11(2)8-10)12(3)20-17(21)15-9-13(18)5-7-16(15)19/h4-9,12H,1-3H3,(H,20,21). The van der Waals surface area contributed by atoms with Crippen molar-refractivity contribution in [2.24, 2.45) is 0 Å². The Hall–Kier alpha value is -1.13. The number of carbonyl (C=O) groups is 1. The highest BCUT2D eigenvalue weighted by Gasteiger charge is 2.15. The molecule has 4 heteroatoms. The molecule has 0 spiro atoms. The molecule has 21 heavy (non-hydrogen) atoms. The van der Waals surface area contributed by atoms with Crippen molar-refractivity contribution in [3.05, 3.63) is 67.6 Å². The predicted octanol–water partition coefficient (Wildman–Crippen LogP) is 5.32. The number of benzene rings is 2. The predicted molar refractivity (Wildman–Crippen MR) is 93.6 cm³/mol. The van der Waals surface area contributed by atoms with Crippen LogP contribution in [0.4, 0.5) is 0 Å². The minimum atomic E-state index is -0.0874. The van der Waals surface area contributed by atoms with E-state index in [1.54, 1.807) is 0 Å². The van der Waals surface area contributed by atoms with Gasteiger partial charge >= 0.3 is 0 Å². The van der Waals surface area contributed by atoms with Crippen molar-refractivity contribution in [2.75, 3.05) is 0 Å². The first-order chi connectivity index (χ1) is 9.88. The van der Waals surface area contributed by atoms with Gasteiger partial charge in [-0.2, -0.15) is 0 Å². The number of hydrogen-bond donors (Lipinski definition) is 1. The molecule has 1 unspecified atom stereocenters. The maximum absolute atomic E-state index is 12.4. The van der Waals surface area contributed by atoms with Crippen molar-refractivity contribution in [2.45, 2.75) is 26.8 Å². The van der Waals surface area contributed by atoms with Gasteiger partial charge < -0.3 is 5.32 Å². The van der Waals surface area contributed by atoms with E-state index in [0.29, 0.717) is 5.56 Å². The van der Waals surface area contributed by atoms with Gasteiger partial charge in [-0.15, -0.1) is 0 Å². The summed E-state index contributed by atoms with van der Waals surface area (Å²) in [6.07, 6.45) is 0. The summed E-state index contributed by atoms with van der Waals surface area (Å²) in [6, 6.07) is 11.8. The molecule has 1 N–H and O–H groups in total. The number of nitrogens with one attached hydrogen (secondary N) is 1. The molecule has 2 aromatic carbocycles. The van der Waals surface area contributed by atoms with E-state index in [9.17, 15) is 4.79 Å². The Labute approximate surface area is 142 Å². The molecule has 1 atom stereocenters. The Morgan fingerprint density at radius 1 is 1.10 bits per heavy atom. The summed E-state index contributed by atoms with van der Waals surface area (Å²) >= 11 is 6.81. The second kappa shape index (κ2) is 6.75. The second-order valence-electron chi connectivity index (χ2n) is 5.18. The highest BCUT2D eigenvalue weighted by molar-refractivity contribution is 9.11. The van der Waals surface area contributed by atoms with E-state index >= 15 is 0 Å². The average Bonchev–Trinajstić information content (AvgIpc) is 2.41. The van der Waals surface area contributed by atoms with Crippen molar-refractivity contribution < 1.29 is 4.79 Å². The summed E-state index contributed by atoms with van der Waals surface area (Å²) in [6.45, 7) is 6.14. The lowest BCUT2D eigenvalue weighted by Crippen LogP contribution is -2.27. The third-order valence-electron chi connectivity index (χ3n) is 3.41. The number of hydrogen-bond acceptors (Lipinski definition) is 1. The Bertz CT molecular complexity index is 682. The van der Waals surface area contributed by atoms with Crippen LogP contribution in [0.5, 0.6) is 0 Å². The van der Waals surface area contributed by atoms with E-state index in [-0.39, 0.29) is 11.9 Å². The smallest absolute Gasteiger partial charge is 0.252 e. The fourth-order valence-electron chi connectivity index (χ4n) is 2.34. The Morgan fingerprint density at radius 2 is 1.81 bits per heavy atom. The zero-order valence-corrected chi connectivity index (χ0v) is 15.4. The molecule has 0 aliphatic rings. The van der Waals surface area contributed by atoms with Crippen LogP contribution in [0.2, 0.25) is 0 Å². The molecular formula is C17H17Br2NO. The minimum absolute atomic E-state index is 0.0380. The molecule has 0 heterocycles. The first-order valence-corrected chi connectivity index (χ1v) is 8.30. The maximum atomic E-state index is 12.4. The molecule has 0 radical (unpaired) electrons. The Balaban J connectivity index is 2.20. The van der Waals surface area contributed by atoms with E-state index in [2.05, 4.69) is 69.2 Å². The van der Waals surface area contributed by atoms with Crippen LogP contribution in [-0.2, 0) is 0 Å². The largest absolute Gasteiger partial charge is 0.345 e. The van der Waals surface area contributed by atoms with E-state index in [1.807, 2.05) is 25.1 Å². The van der Waals surface area contributed by atoms with E-state index in [4.69, 9.17) is 0 Å². The normalized spacial score (nSPS) is 12.0. The number of halogens is 2. The number of rotatable bonds is 3. The highest BCUT2D eigenvalue weighted by Crippen LogP contribution is 2.23. The van der Waals surface area contributed by atoms with Crippen LogP contribution in [0, 0.1) is 13.8 Å². The van der Waals surface area contributed by atoms with Gasteiger partial charge in [0.15, 0.2) is 0 Å². The lowest BCUT2D eigenvalue weighted by Gasteiger charge is -2.17. The molecule has 0 bridgehead atoms. The van der Waals surface area contributed by atoms with Gasteiger partial charge in [-0.1, -0.05) is 39.7 Å². The fraction of sp³-hybridized carbons (Fsp3) is 0.235. The van der Waals surface area contributed by atoms with Gasteiger partial charge in [0.1, 0.15) is 0 Å². The molecule has 0 aromatic heterocycles. The number of carbonyl (C=O) groups excluding carboxylic acids is 1. The minimum Gasteiger partial charge on any atom is -0.345 e. The molecule has 2 nitrogen and oxygen atoms in total. The molecule has 0 saturated heterocycles. The Morgan fingerprint density at radius 3 is 2.48 bits per heavy atom. The summed E-state index contributed by atoms with van der Waals surface area (Å²) in [7, 11) is 0. The zero-order chi connectivity index (χ0) is 15.6. The quantitative estimate of drug-likeness (QED) is 0.728. The lowest BCUT2D eigenvalue weighted by atomic mass is 10.00. The first kappa shape index (κ1) is 16.2. The summed E-state index contributed by atoms with van der Waals surface area (Å²) in [5, 5.41) is 3.05. The number of aryl methyl sites for hydroxylation is 2. The monoisotopic (exact) mass is 409 g/mol. The summed E-state index contributed by atoms with van der Waals surface area (Å²) in [5.41, 5.74) is 4.18. The third kappa shape index (κ3) is 3.95. The van der Waals surface area contributed by atoms with Crippen LogP contribution in [0.1, 0.15) is 40.0 Å². The van der Waals surface area contributed by atoms with Crippen molar-refractivity contribution in [3.63, 3.8) is 0 Å². The second-order valence-corrected chi connectivity index (χ2v) is 6.95. The highest BCUT2D eigenvalue weighted by atomic mass is 79.9. The van der Waals surface area contributed by atoms with Crippen LogP contribution >= 0.6 is 31.9 Å². The van der Waals surface area contributed by atoms with Gasteiger partial charge in [0, 0.05) is 8.95 Å². The fourth-order valence-corrected chi connectivity index (χ4v) is 3.12. The molecule has 110 valence electrons. The van der Waals surface area contributed by atoms with Crippen LogP contribution in [-0.4, -0.2) is 5.91 Å². The van der Waals surface area contributed by atoms with Gasteiger partial charge in [0.25, 0.3) is 5.91 Å². The van der Waals surface area contributed by atoms with Crippen molar-refractivity contribution in [1.82, 2.24) is 5.32 Å². The summed E-state index contributed by atoms with van der Waals surface area (Å²) < 4.78 is 1.67. The first-order valence-electron chi connectivity index (χ1n) is 6.71. The molecule has 0 saturated carbocycles. The Kier molecular flexibility index (Phi) is 5.22. The molecular weight excluding hydrogens is 394 g/mol. The van der Waals surface area contributed by atoms with E-state index in [0.717, 1.165) is 14.5 Å². The molecule has 2 aromatic rings. The topological polar surface area (TPSA) is 29.1 Å². The maximum Gasteiger partial charge on any atom is 0.252 e. The molecule has 0 fully saturated rings. The van der Waals surface area contributed by atoms with Gasteiger partial charge in [-0.05, 0) is 66.0 Å². The molecule has 0 aliphatic carbocycles. The molecule has 2 rings (SSSR count). The van der Waals surface area contributed by atoms with E-state index in [1.165, 1.54) is 11.1 Å². The van der Waals surface area contributed by atoms with Crippen LogP contribution in [0.3, 0.4) is 0 Å². The van der Waals surface area contributed by atoms with Crippen molar-refractivity contribution in [1.29, 1.82) is 0 Å².